The van der Waals surface area contributed by atoms with Gasteiger partial charge in [0.15, 0.2) is 0 Å². The average Bonchev–Trinajstić information content (AvgIpc) is 3.14. The molecule has 1 N–H and O–H groups in total. The molecule has 2 aromatic heterocycles. The number of hydrogen-bond donors (Lipinski definition) is 1. The van der Waals surface area contributed by atoms with Crippen LogP contribution in [0.1, 0.15) is 52.8 Å². The summed E-state index contributed by atoms with van der Waals surface area (Å²) in [6.07, 6.45) is 1.70. The summed E-state index contributed by atoms with van der Waals surface area (Å²) >= 11 is 0. The van der Waals surface area contributed by atoms with Crippen LogP contribution in [0.15, 0.2) is 24.4 Å². The maximum atomic E-state index is 13.4. The van der Waals surface area contributed by atoms with Crippen LogP contribution in [0.3, 0.4) is 0 Å². The number of ether oxygens (including phenoxy) is 1. The smallest absolute Gasteiger partial charge is 0.333 e. The lowest BCUT2D eigenvalue weighted by Gasteiger charge is -2.28. The Balaban J connectivity index is 1.87. The Hall–Kier alpha value is -2.94. The molecular formula is C23H34N6O3. The summed E-state index contributed by atoms with van der Waals surface area (Å²) < 4.78 is 6.76. The van der Waals surface area contributed by atoms with Gasteiger partial charge in [-0.15, -0.1) is 0 Å². The molecule has 0 spiro atoms. The van der Waals surface area contributed by atoms with E-state index >= 15 is 0 Å². The summed E-state index contributed by atoms with van der Waals surface area (Å²) in [6.45, 7) is 12.5. The molecule has 9 nitrogen and oxygen atoms in total. The van der Waals surface area contributed by atoms with E-state index in [1.807, 2.05) is 45.9 Å². The van der Waals surface area contributed by atoms with Gasteiger partial charge in [-0.2, -0.15) is 5.10 Å². The number of methoxy groups -OCH3 is 1. The predicted molar refractivity (Wildman–Crippen MR) is 124 cm³/mol. The molecule has 2 aromatic rings. The lowest BCUT2D eigenvalue weighted by atomic mass is 9.92. The molecule has 3 heterocycles. The van der Waals surface area contributed by atoms with Gasteiger partial charge in [0.2, 0.25) is 0 Å². The minimum atomic E-state index is -0.997. The lowest BCUT2D eigenvalue weighted by molar-refractivity contribution is -0.123. The van der Waals surface area contributed by atoms with Crippen LogP contribution in [0, 0.1) is 0 Å². The SMILES string of the molecule is COC[C@@H](C)Nc1cc(CN2C(=O)N(c3cc(C(C)(C)C)nn3C)C(=O)C2(C)C)ccn1. The molecular weight excluding hydrogens is 408 g/mol. The number of rotatable bonds is 7. The summed E-state index contributed by atoms with van der Waals surface area (Å²) in [5, 5.41) is 7.81. The van der Waals surface area contributed by atoms with Crippen molar-refractivity contribution in [1.29, 1.82) is 0 Å². The molecule has 1 saturated heterocycles. The van der Waals surface area contributed by atoms with Gasteiger partial charge < -0.3 is 15.0 Å². The third-order valence-corrected chi connectivity index (χ3v) is 5.65. The van der Waals surface area contributed by atoms with Crippen molar-refractivity contribution in [3.63, 3.8) is 0 Å². The first-order valence-electron chi connectivity index (χ1n) is 10.8. The second-order valence-corrected chi connectivity index (χ2v) is 9.88. The number of amides is 3. The Bertz CT molecular complexity index is 1010. The second-order valence-electron chi connectivity index (χ2n) is 9.88. The molecule has 3 amide bonds. The van der Waals surface area contributed by atoms with Gasteiger partial charge in [0, 0.05) is 44.4 Å². The highest BCUT2D eigenvalue weighted by molar-refractivity contribution is 6.22. The minimum absolute atomic E-state index is 0.0894. The molecule has 0 aromatic carbocycles. The summed E-state index contributed by atoms with van der Waals surface area (Å²) in [5.74, 6) is 0.902. The molecule has 1 fully saturated rings. The number of aromatic nitrogens is 3. The Morgan fingerprint density at radius 3 is 2.50 bits per heavy atom. The fourth-order valence-corrected chi connectivity index (χ4v) is 3.71. The van der Waals surface area contributed by atoms with E-state index < -0.39 is 5.54 Å². The standard InChI is InChI=1S/C23H34N6O3/c1-15(14-32-8)25-18-11-16(9-10-24-18)13-28-21(31)29(20(30)23(28,5)6)19-12-17(22(2,3)4)26-27(19)7/h9-12,15H,13-14H2,1-8H3,(H,24,25)/t15-/m1/s1. The normalized spacial score (nSPS) is 17.2. The largest absolute Gasteiger partial charge is 0.383 e. The number of anilines is 2. The third kappa shape index (κ3) is 4.48. The maximum absolute atomic E-state index is 13.4. The van der Waals surface area contributed by atoms with Gasteiger partial charge >= 0.3 is 6.03 Å². The van der Waals surface area contributed by atoms with Crippen molar-refractivity contribution in [2.24, 2.45) is 7.05 Å². The summed E-state index contributed by atoms with van der Waals surface area (Å²) in [5.41, 5.74) is 0.506. The fraction of sp³-hybridized carbons (Fsp3) is 0.565. The van der Waals surface area contributed by atoms with Crippen molar-refractivity contribution < 1.29 is 14.3 Å². The number of imide groups is 1. The predicted octanol–water partition coefficient (Wildman–Crippen LogP) is 3.31. The van der Waals surface area contributed by atoms with Crippen LogP contribution in [0.4, 0.5) is 16.4 Å². The third-order valence-electron chi connectivity index (χ3n) is 5.65. The van der Waals surface area contributed by atoms with Crippen LogP contribution < -0.4 is 10.2 Å². The Labute approximate surface area is 189 Å². The van der Waals surface area contributed by atoms with Gasteiger partial charge in [0.25, 0.3) is 5.91 Å². The fourth-order valence-electron chi connectivity index (χ4n) is 3.71. The van der Waals surface area contributed by atoms with Crippen LogP contribution in [-0.2, 0) is 28.5 Å². The quantitative estimate of drug-likeness (QED) is 0.662. The summed E-state index contributed by atoms with van der Waals surface area (Å²) in [7, 11) is 3.40. The number of hydrogen-bond acceptors (Lipinski definition) is 6. The van der Waals surface area contributed by atoms with Crippen LogP contribution in [0.2, 0.25) is 0 Å². The van der Waals surface area contributed by atoms with Crippen molar-refractivity contribution in [2.45, 2.75) is 65.1 Å². The van der Waals surface area contributed by atoms with Gasteiger partial charge in [-0.05, 0) is 38.5 Å². The number of pyridine rings is 1. The van der Waals surface area contributed by atoms with Gasteiger partial charge in [-0.25, -0.2) is 14.7 Å². The van der Waals surface area contributed by atoms with Gasteiger partial charge in [0.1, 0.15) is 17.2 Å². The van der Waals surface area contributed by atoms with E-state index in [1.54, 1.807) is 43.8 Å². The number of urea groups is 1. The van der Waals surface area contributed by atoms with E-state index in [9.17, 15) is 9.59 Å². The zero-order chi connectivity index (χ0) is 23.8. The molecule has 0 unspecified atom stereocenters. The Morgan fingerprint density at radius 1 is 1.22 bits per heavy atom. The maximum Gasteiger partial charge on any atom is 0.333 e. The zero-order valence-electron chi connectivity index (χ0n) is 20.3. The molecule has 0 bridgehead atoms. The van der Waals surface area contributed by atoms with Crippen LogP contribution in [0.5, 0.6) is 0 Å². The highest BCUT2D eigenvalue weighted by atomic mass is 16.5. The summed E-state index contributed by atoms with van der Waals surface area (Å²) in [4.78, 5) is 33.9. The first-order chi connectivity index (χ1) is 14.9. The van der Waals surface area contributed by atoms with E-state index in [1.165, 1.54) is 4.90 Å². The highest BCUT2D eigenvalue weighted by Gasteiger charge is 2.52. The number of aryl methyl sites for hydroxylation is 1. The molecule has 1 aliphatic heterocycles. The van der Waals surface area contributed by atoms with Crippen LogP contribution >= 0.6 is 0 Å². The molecule has 32 heavy (non-hydrogen) atoms. The number of carbonyl (C=O) groups excluding carboxylic acids is 2. The Kier molecular flexibility index (Phi) is 6.33. The van der Waals surface area contributed by atoms with Gasteiger partial charge in [-0.1, -0.05) is 20.8 Å². The average molecular weight is 443 g/mol. The molecule has 0 radical (unpaired) electrons. The van der Waals surface area contributed by atoms with E-state index in [-0.39, 0.29) is 29.9 Å². The van der Waals surface area contributed by atoms with Crippen molar-refractivity contribution in [3.05, 3.63) is 35.7 Å². The van der Waals surface area contributed by atoms with E-state index in [2.05, 4.69) is 15.4 Å². The minimum Gasteiger partial charge on any atom is -0.383 e. The van der Waals surface area contributed by atoms with Gasteiger partial charge in [-0.3, -0.25) is 9.48 Å². The molecule has 0 aliphatic carbocycles. The first-order valence-corrected chi connectivity index (χ1v) is 10.8. The number of carbonyl (C=O) groups is 2. The first kappa shape index (κ1) is 23.7. The van der Waals surface area contributed by atoms with Gasteiger partial charge in [0.05, 0.1) is 12.3 Å². The van der Waals surface area contributed by atoms with Crippen molar-refractivity contribution in [3.8, 4) is 0 Å². The van der Waals surface area contributed by atoms with Crippen LogP contribution in [0.25, 0.3) is 0 Å². The zero-order valence-corrected chi connectivity index (χ0v) is 20.3. The monoisotopic (exact) mass is 442 g/mol. The second kappa shape index (κ2) is 8.54. The van der Waals surface area contributed by atoms with Crippen molar-refractivity contribution >= 4 is 23.6 Å². The topological polar surface area (TPSA) is 92.6 Å². The molecule has 174 valence electrons. The molecule has 0 saturated carbocycles. The van der Waals surface area contributed by atoms with Crippen molar-refractivity contribution in [2.75, 3.05) is 23.9 Å². The van der Waals surface area contributed by atoms with E-state index in [0.717, 1.165) is 11.3 Å². The summed E-state index contributed by atoms with van der Waals surface area (Å²) in [6, 6.07) is 5.30. The molecule has 1 aliphatic rings. The van der Waals surface area contributed by atoms with Crippen LogP contribution in [-0.4, -0.2) is 56.9 Å². The number of nitrogens with one attached hydrogen (secondary N) is 1. The van der Waals surface area contributed by atoms with E-state index in [0.29, 0.717) is 18.2 Å². The van der Waals surface area contributed by atoms with E-state index in [4.69, 9.17) is 4.74 Å². The molecule has 3 rings (SSSR count). The highest BCUT2D eigenvalue weighted by Crippen LogP contribution is 2.35. The Morgan fingerprint density at radius 2 is 1.91 bits per heavy atom. The molecule has 1 atom stereocenters. The lowest BCUT2D eigenvalue weighted by Crippen LogP contribution is -2.43. The number of nitrogens with zero attached hydrogens (tertiary/aromatic N) is 5. The molecule has 9 heteroatoms. The van der Waals surface area contributed by atoms with Crippen molar-refractivity contribution in [1.82, 2.24) is 19.7 Å².